The first kappa shape index (κ1) is 13.1. The molecule has 0 radical (unpaired) electrons. The summed E-state index contributed by atoms with van der Waals surface area (Å²) in [6.45, 7) is 4.94. The summed E-state index contributed by atoms with van der Waals surface area (Å²) < 4.78 is 5.56. The zero-order valence-corrected chi connectivity index (χ0v) is 10.4. The predicted octanol–water partition coefficient (Wildman–Crippen LogP) is 2.03. The highest BCUT2D eigenvalue weighted by atomic mass is 16.5. The average molecular weight is 222 g/mol. The van der Waals surface area contributed by atoms with Gasteiger partial charge in [-0.25, -0.2) is 0 Å². The molecule has 0 aromatic carbocycles. The number of aromatic nitrogens is 1. The topological polar surface area (TPSA) is 34.1 Å². The zero-order chi connectivity index (χ0) is 11.8. The molecule has 1 unspecified atom stereocenters. The van der Waals surface area contributed by atoms with E-state index in [1.807, 2.05) is 19.3 Å². The van der Waals surface area contributed by atoms with Gasteiger partial charge in [0.1, 0.15) is 0 Å². The summed E-state index contributed by atoms with van der Waals surface area (Å²) in [5.41, 5.74) is 1.27. The van der Waals surface area contributed by atoms with Gasteiger partial charge in [-0.15, -0.1) is 0 Å². The fourth-order valence-electron chi connectivity index (χ4n) is 1.60. The van der Waals surface area contributed by atoms with Gasteiger partial charge in [0.05, 0.1) is 6.10 Å². The van der Waals surface area contributed by atoms with E-state index in [0.717, 1.165) is 19.4 Å². The van der Waals surface area contributed by atoms with Crippen molar-refractivity contribution in [3.8, 4) is 0 Å². The van der Waals surface area contributed by atoms with Crippen LogP contribution < -0.4 is 5.32 Å². The Labute approximate surface area is 98.2 Å². The largest absolute Gasteiger partial charge is 0.379 e. The monoisotopic (exact) mass is 222 g/mol. The summed E-state index contributed by atoms with van der Waals surface area (Å²) in [7, 11) is 2.00. The van der Waals surface area contributed by atoms with E-state index >= 15 is 0 Å². The molecule has 3 nitrogen and oxygen atoms in total. The van der Waals surface area contributed by atoms with Crippen molar-refractivity contribution in [3.05, 3.63) is 30.1 Å². The van der Waals surface area contributed by atoms with Crippen LogP contribution in [0.5, 0.6) is 0 Å². The van der Waals surface area contributed by atoms with E-state index in [0.29, 0.717) is 12.1 Å². The summed E-state index contributed by atoms with van der Waals surface area (Å²) in [4.78, 5) is 4.12. The summed E-state index contributed by atoms with van der Waals surface area (Å²) in [6, 6.07) is 4.55. The van der Waals surface area contributed by atoms with Gasteiger partial charge in [-0.05, 0) is 45.4 Å². The van der Waals surface area contributed by atoms with Crippen molar-refractivity contribution < 1.29 is 4.74 Å². The number of nitrogens with zero attached hydrogens (tertiary/aromatic N) is 1. The summed E-state index contributed by atoms with van der Waals surface area (Å²) in [6.07, 6.45) is 6.08. The SMILES string of the molecule is CNC(CCOC(C)C)Cc1cccnc1. The molecule has 1 atom stereocenters. The molecule has 1 rings (SSSR count). The molecule has 0 saturated carbocycles. The maximum Gasteiger partial charge on any atom is 0.0518 e. The Balaban J connectivity index is 2.32. The number of nitrogens with one attached hydrogen (secondary N) is 1. The lowest BCUT2D eigenvalue weighted by atomic mass is 10.1. The van der Waals surface area contributed by atoms with Crippen LogP contribution in [0.1, 0.15) is 25.8 Å². The molecule has 3 heteroatoms. The third-order valence-electron chi connectivity index (χ3n) is 2.53. The van der Waals surface area contributed by atoms with Crippen LogP contribution in [0, 0.1) is 0 Å². The van der Waals surface area contributed by atoms with Crippen LogP contribution in [0.4, 0.5) is 0 Å². The van der Waals surface area contributed by atoms with E-state index in [9.17, 15) is 0 Å². The second-order valence-electron chi connectivity index (χ2n) is 4.26. The normalized spacial score (nSPS) is 13.0. The molecule has 1 aromatic heterocycles. The average Bonchev–Trinajstić information content (AvgIpc) is 2.28. The number of hydrogen-bond donors (Lipinski definition) is 1. The van der Waals surface area contributed by atoms with Crippen molar-refractivity contribution in [1.82, 2.24) is 10.3 Å². The molecule has 1 aromatic rings. The number of likely N-dealkylation sites (N-methyl/N-ethyl adjacent to an activating group) is 1. The molecule has 1 heterocycles. The van der Waals surface area contributed by atoms with Crippen molar-refractivity contribution in [2.45, 2.75) is 38.8 Å². The molecule has 0 fully saturated rings. The minimum Gasteiger partial charge on any atom is -0.379 e. The lowest BCUT2D eigenvalue weighted by Crippen LogP contribution is -2.29. The molecular weight excluding hydrogens is 200 g/mol. The second-order valence-corrected chi connectivity index (χ2v) is 4.26. The van der Waals surface area contributed by atoms with Crippen LogP contribution in [0.25, 0.3) is 0 Å². The van der Waals surface area contributed by atoms with E-state index < -0.39 is 0 Å². The van der Waals surface area contributed by atoms with Gasteiger partial charge in [-0.1, -0.05) is 6.07 Å². The van der Waals surface area contributed by atoms with Crippen LogP contribution in [0.3, 0.4) is 0 Å². The van der Waals surface area contributed by atoms with Gasteiger partial charge in [0.25, 0.3) is 0 Å². The number of hydrogen-bond acceptors (Lipinski definition) is 3. The second kappa shape index (κ2) is 7.36. The van der Waals surface area contributed by atoms with Crippen LogP contribution in [0.2, 0.25) is 0 Å². The highest BCUT2D eigenvalue weighted by Crippen LogP contribution is 2.05. The van der Waals surface area contributed by atoms with Gasteiger partial charge in [0, 0.05) is 25.0 Å². The molecule has 0 aliphatic carbocycles. The Morgan fingerprint density at radius 1 is 1.44 bits per heavy atom. The summed E-state index contributed by atoms with van der Waals surface area (Å²) >= 11 is 0. The molecule has 0 spiro atoms. The van der Waals surface area contributed by atoms with Gasteiger partial charge >= 0.3 is 0 Å². The van der Waals surface area contributed by atoms with Crippen LogP contribution in [0.15, 0.2) is 24.5 Å². The number of pyridine rings is 1. The Kier molecular flexibility index (Phi) is 6.04. The van der Waals surface area contributed by atoms with Gasteiger partial charge in [0.2, 0.25) is 0 Å². The third-order valence-corrected chi connectivity index (χ3v) is 2.53. The first-order valence-corrected chi connectivity index (χ1v) is 5.90. The third kappa shape index (κ3) is 5.24. The van der Waals surface area contributed by atoms with E-state index in [1.54, 1.807) is 6.20 Å². The van der Waals surface area contributed by atoms with Crippen molar-refractivity contribution in [3.63, 3.8) is 0 Å². The Morgan fingerprint density at radius 2 is 2.25 bits per heavy atom. The molecule has 0 aliphatic heterocycles. The van der Waals surface area contributed by atoms with E-state index in [1.165, 1.54) is 5.56 Å². The molecule has 16 heavy (non-hydrogen) atoms. The van der Waals surface area contributed by atoms with Gasteiger partial charge < -0.3 is 10.1 Å². The fourth-order valence-corrected chi connectivity index (χ4v) is 1.60. The van der Waals surface area contributed by atoms with Gasteiger partial charge in [-0.2, -0.15) is 0 Å². The fraction of sp³-hybridized carbons (Fsp3) is 0.615. The predicted molar refractivity (Wildman–Crippen MR) is 66.5 cm³/mol. The molecule has 90 valence electrons. The van der Waals surface area contributed by atoms with E-state index in [-0.39, 0.29) is 0 Å². The van der Waals surface area contributed by atoms with Crippen molar-refractivity contribution in [1.29, 1.82) is 0 Å². The zero-order valence-electron chi connectivity index (χ0n) is 10.4. The Morgan fingerprint density at radius 3 is 2.81 bits per heavy atom. The summed E-state index contributed by atoms with van der Waals surface area (Å²) in [5.74, 6) is 0. The Hall–Kier alpha value is -0.930. The van der Waals surface area contributed by atoms with Crippen molar-refractivity contribution >= 4 is 0 Å². The highest BCUT2D eigenvalue weighted by Gasteiger charge is 2.07. The maximum atomic E-state index is 5.56. The molecule has 0 bridgehead atoms. The van der Waals surface area contributed by atoms with E-state index in [2.05, 4.69) is 30.2 Å². The lowest BCUT2D eigenvalue weighted by molar-refractivity contribution is 0.0720. The minimum absolute atomic E-state index is 0.316. The first-order valence-electron chi connectivity index (χ1n) is 5.90. The standard InChI is InChI=1S/C13H22N2O/c1-11(2)16-8-6-13(14-3)9-12-5-4-7-15-10-12/h4-5,7,10-11,13-14H,6,8-9H2,1-3H3. The minimum atomic E-state index is 0.316. The molecule has 0 saturated heterocycles. The van der Waals surface area contributed by atoms with E-state index in [4.69, 9.17) is 4.74 Å². The van der Waals surface area contributed by atoms with Gasteiger partial charge in [0.15, 0.2) is 0 Å². The Bertz CT molecular complexity index is 275. The van der Waals surface area contributed by atoms with Crippen LogP contribution >= 0.6 is 0 Å². The molecule has 0 aliphatic rings. The van der Waals surface area contributed by atoms with Crippen LogP contribution in [-0.2, 0) is 11.2 Å². The smallest absolute Gasteiger partial charge is 0.0518 e. The molecular formula is C13H22N2O. The molecule has 1 N–H and O–H groups in total. The highest BCUT2D eigenvalue weighted by molar-refractivity contribution is 5.10. The molecule has 0 amide bonds. The van der Waals surface area contributed by atoms with Crippen molar-refractivity contribution in [2.24, 2.45) is 0 Å². The van der Waals surface area contributed by atoms with Gasteiger partial charge in [-0.3, -0.25) is 4.98 Å². The quantitative estimate of drug-likeness (QED) is 0.766. The lowest BCUT2D eigenvalue weighted by Gasteiger charge is -2.17. The number of rotatable bonds is 7. The summed E-state index contributed by atoms with van der Waals surface area (Å²) in [5, 5.41) is 3.32. The van der Waals surface area contributed by atoms with Crippen molar-refractivity contribution in [2.75, 3.05) is 13.7 Å². The maximum absolute atomic E-state index is 5.56. The number of ether oxygens (including phenoxy) is 1. The first-order chi connectivity index (χ1) is 7.72. The van der Waals surface area contributed by atoms with Crippen LogP contribution in [-0.4, -0.2) is 30.8 Å².